The van der Waals surface area contributed by atoms with E-state index in [0.717, 1.165) is 12.0 Å². The van der Waals surface area contributed by atoms with Gasteiger partial charge in [0.2, 0.25) is 0 Å². The van der Waals surface area contributed by atoms with Gasteiger partial charge in [0.1, 0.15) is 5.75 Å². The predicted octanol–water partition coefficient (Wildman–Crippen LogP) is 5.62. The molecule has 0 aliphatic carbocycles. The fraction of sp³-hybridized carbons (Fsp3) is 0.222. The minimum atomic E-state index is -1.07. The second-order valence-electron chi connectivity index (χ2n) is 5.25. The van der Waals surface area contributed by atoms with Crippen molar-refractivity contribution in [3.63, 3.8) is 0 Å². The van der Waals surface area contributed by atoms with Crippen molar-refractivity contribution in [2.24, 2.45) is 4.99 Å². The van der Waals surface area contributed by atoms with Crippen LogP contribution in [0.1, 0.15) is 36.2 Å². The van der Waals surface area contributed by atoms with Crippen molar-refractivity contribution in [2.45, 2.75) is 26.4 Å². The highest BCUT2D eigenvalue weighted by atomic mass is 35.5. The van der Waals surface area contributed by atoms with Gasteiger partial charge in [-0.05, 0) is 55.3 Å². The summed E-state index contributed by atoms with van der Waals surface area (Å²) >= 11 is 12.1. The van der Waals surface area contributed by atoms with Crippen molar-refractivity contribution in [3.8, 4) is 5.75 Å². The molecule has 0 aliphatic heterocycles. The zero-order valence-electron chi connectivity index (χ0n) is 13.3. The molecule has 0 spiro atoms. The zero-order valence-corrected chi connectivity index (χ0v) is 14.8. The van der Waals surface area contributed by atoms with E-state index in [1.54, 1.807) is 24.4 Å². The van der Waals surface area contributed by atoms with Gasteiger partial charge in [-0.3, -0.25) is 4.99 Å². The van der Waals surface area contributed by atoms with Crippen molar-refractivity contribution in [1.29, 1.82) is 0 Å². The standard InChI is InChI=1S/C18H17Cl2NO3/c1-3-11(2)24-17-7-4-12(8-16(17)20)10-21-13-5-6-14(18(22)23)15(19)9-13/h4-11H,3H2,1-2H3,(H,22,23)/t11-/m0/s1. The van der Waals surface area contributed by atoms with E-state index in [1.165, 1.54) is 12.1 Å². The van der Waals surface area contributed by atoms with E-state index in [-0.39, 0.29) is 16.7 Å². The van der Waals surface area contributed by atoms with E-state index in [2.05, 4.69) is 4.99 Å². The Balaban J connectivity index is 2.16. The van der Waals surface area contributed by atoms with Crippen LogP contribution in [0.4, 0.5) is 5.69 Å². The van der Waals surface area contributed by atoms with E-state index in [4.69, 9.17) is 33.0 Å². The highest BCUT2D eigenvalue weighted by Crippen LogP contribution is 2.27. The third-order valence-corrected chi connectivity index (χ3v) is 4.01. The molecule has 0 bridgehead atoms. The normalized spacial score (nSPS) is 12.3. The third kappa shape index (κ3) is 4.73. The van der Waals surface area contributed by atoms with E-state index >= 15 is 0 Å². The van der Waals surface area contributed by atoms with Gasteiger partial charge in [-0.2, -0.15) is 0 Å². The van der Waals surface area contributed by atoms with Gasteiger partial charge in [-0.25, -0.2) is 4.79 Å². The predicted molar refractivity (Wildman–Crippen MR) is 97.5 cm³/mol. The second kappa shape index (κ2) is 8.18. The molecule has 0 aliphatic rings. The maximum atomic E-state index is 10.9. The average molecular weight is 366 g/mol. The minimum Gasteiger partial charge on any atom is -0.489 e. The van der Waals surface area contributed by atoms with E-state index in [1.807, 2.05) is 19.9 Å². The summed E-state index contributed by atoms with van der Waals surface area (Å²) in [4.78, 5) is 15.2. The maximum Gasteiger partial charge on any atom is 0.337 e. The van der Waals surface area contributed by atoms with Crippen LogP contribution in [0.15, 0.2) is 41.4 Å². The molecule has 126 valence electrons. The number of hydrogen-bond acceptors (Lipinski definition) is 3. The molecule has 1 N–H and O–H groups in total. The molecular formula is C18H17Cl2NO3. The minimum absolute atomic E-state index is 0.0465. The molecule has 1 atom stereocenters. The molecule has 2 rings (SSSR count). The molecule has 0 saturated heterocycles. The summed E-state index contributed by atoms with van der Waals surface area (Å²) in [5, 5.41) is 9.61. The van der Waals surface area contributed by atoms with Crippen molar-refractivity contribution in [2.75, 3.05) is 0 Å². The number of carboxylic acids is 1. The lowest BCUT2D eigenvalue weighted by Crippen LogP contribution is -2.09. The number of ether oxygens (including phenoxy) is 1. The maximum absolute atomic E-state index is 10.9. The molecule has 0 radical (unpaired) electrons. The van der Waals surface area contributed by atoms with Crippen LogP contribution in [-0.2, 0) is 0 Å². The van der Waals surface area contributed by atoms with E-state index in [0.29, 0.717) is 16.5 Å². The van der Waals surface area contributed by atoms with Gasteiger partial charge in [-0.15, -0.1) is 0 Å². The van der Waals surface area contributed by atoms with Gasteiger partial charge in [-0.1, -0.05) is 30.1 Å². The van der Waals surface area contributed by atoms with Crippen LogP contribution in [0.2, 0.25) is 10.0 Å². The molecule has 0 fully saturated rings. The van der Waals surface area contributed by atoms with Crippen molar-refractivity contribution >= 4 is 41.1 Å². The number of rotatable bonds is 6. The fourth-order valence-corrected chi connectivity index (χ4v) is 2.39. The number of nitrogens with zero attached hydrogens (tertiary/aromatic N) is 1. The van der Waals surface area contributed by atoms with Crippen molar-refractivity contribution in [1.82, 2.24) is 0 Å². The van der Waals surface area contributed by atoms with E-state index < -0.39 is 5.97 Å². The molecule has 2 aromatic carbocycles. The largest absolute Gasteiger partial charge is 0.489 e. The lowest BCUT2D eigenvalue weighted by molar-refractivity contribution is 0.0697. The van der Waals surface area contributed by atoms with Crippen LogP contribution in [-0.4, -0.2) is 23.4 Å². The first-order chi connectivity index (χ1) is 11.4. The Hall–Kier alpha value is -2.04. The third-order valence-electron chi connectivity index (χ3n) is 3.40. The molecule has 24 heavy (non-hydrogen) atoms. The summed E-state index contributed by atoms with van der Waals surface area (Å²) < 4.78 is 5.71. The molecule has 0 heterocycles. The first kappa shape index (κ1) is 18.3. The molecule has 0 saturated carbocycles. The number of aromatic carboxylic acids is 1. The van der Waals surface area contributed by atoms with Gasteiger partial charge in [0.25, 0.3) is 0 Å². The quantitative estimate of drug-likeness (QED) is 0.675. The van der Waals surface area contributed by atoms with Crippen LogP contribution >= 0.6 is 23.2 Å². The van der Waals surface area contributed by atoms with Crippen molar-refractivity contribution in [3.05, 3.63) is 57.6 Å². The molecule has 0 amide bonds. The summed E-state index contributed by atoms with van der Waals surface area (Å²) in [6.45, 7) is 4.02. The first-order valence-electron chi connectivity index (χ1n) is 7.43. The van der Waals surface area contributed by atoms with Crippen LogP contribution in [0.25, 0.3) is 0 Å². The Bertz CT molecular complexity index is 775. The highest BCUT2D eigenvalue weighted by Gasteiger charge is 2.09. The zero-order chi connectivity index (χ0) is 17.7. The van der Waals surface area contributed by atoms with Gasteiger partial charge in [0.05, 0.1) is 27.4 Å². The Morgan fingerprint density at radius 2 is 2.00 bits per heavy atom. The molecular weight excluding hydrogens is 349 g/mol. The van der Waals surface area contributed by atoms with Crippen LogP contribution in [0.3, 0.4) is 0 Å². The van der Waals surface area contributed by atoms with Gasteiger partial charge in [0, 0.05) is 6.21 Å². The fourth-order valence-electron chi connectivity index (χ4n) is 1.90. The van der Waals surface area contributed by atoms with Gasteiger partial charge < -0.3 is 9.84 Å². The number of carbonyl (C=O) groups is 1. The Kier molecular flexibility index (Phi) is 6.23. The second-order valence-corrected chi connectivity index (χ2v) is 6.07. The molecule has 4 nitrogen and oxygen atoms in total. The summed E-state index contributed by atoms with van der Waals surface area (Å²) in [6.07, 6.45) is 2.62. The number of hydrogen-bond donors (Lipinski definition) is 1. The van der Waals surface area contributed by atoms with Crippen LogP contribution in [0, 0.1) is 0 Å². The summed E-state index contributed by atoms with van der Waals surface area (Å²) in [6, 6.07) is 9.93. The molecule has 2 aromatic rings. The van der Waals surface area contributed by atoms with Crippen LogP contribution in [0.5, 0.6) is 5.75 Å². The summed E-state index contributed by atoms with van der Waals surface area (Å²) in [5.41, 5.74) is 1.40. The van der Waals surface area contributed by atoms with Gasteiger partial charge >= 0.3 is 5.97 Å². The Morgan fingerprint density at radius 3 is 2.58 bits per heavy atom. The van der Waals surface area contributed by atoms with Gasteiger partial charge in [0.15, 0.2) is 0 Å². The number of aliphatic imine (C=N–C) groups is 1. The lowest BCUT2D eigenvalue weighted by Gasteiger charge is -2.13. The molecule has 6 heteroatoms. The molecule has 0 aromatic heterocycles. The number of benzene rings is 2. The molecule has 0 unspecified atom stereocenters. The topological polar surface area (TPSA) is 58.9 Å². The average Bonchev–Trinajstić information content (AvgIpc) is 2.54. The smallest absolute Gasteiger partial charge is 0.337 e. The summed E-state index contributed by atoms with van der Waals surface area (Å²) in [5.74, 6) is -0.434. The first-order valence-corrected chi connectivity index (χ1v) is 8.19. The lowest BCUT2D eigenvalue weighted by atomic mass is 10.2. The number of carboxylic acid groups (broad SMARTS) is 1. The Morgan fingerprint density at radius 1 is 1.25 bits per heavy atom. The van der Waals surface area contributed by atoms with Crippen LogP contribution < -0.4 is 4.74 Å². The Labute approximate surface area is 150 Å². The highest BCUT2D eigenvalue weighted by molar-refractivity contribution is 6.33. The SMILES string of the molecule is CC[C@H](C)Oc1ccc(C=Nc2ccc(C(=O)O)c(Cl)c2)cc1Cl. The monoisotopic (exact) mass is 365 g/mol. The van der Waals surface area contributed by atoms with E-state index in [9.17, 15) is 4.79 Å². The summed E-state index contributed by atoms with van der Waals surface area (Å²) in [7, 11) is 0. The van der Waals surface area contributed by atoms with Crippen molar-refractivity contribution < 1.29 is 14.6 Å². The number of halogens is 2.